The molecule has 0 aliphatic heterocycles. The maximum absolute atomic E-state index is 14.1. The highest BCUT2D eigenvalue weighted by Gasteiger charge is 2.17. The number of carbonyl (C=O) groups excluding carboxylic acids is 1. The summed E-state index contributed by atoms with van der Waals surface area (Å²) in [5.41, 5.74) is 5.39. The molecule has 4 aromatic heterocycles. The van der Waals surface area contributed by atoms with Gasteiger partial charge in [0.1, 0.15) is 5.60 Å². The van der Waals surface area contributed by atoms with Crippen molar-refractivity contribution in [3.05, 3.63) is 80.4 Å². The largest absolute Gasteiger partial charge is 0.444 e. The number of aryl methyl sites for hydroxylation is 2. The molecule has 12 heteroatoms. The van der Waals surface area contributed by atoms with Gasteiger partial charge in [-0.1, -0.05) is 13.8 Å². The van der Waals surface area contributed by atoms with Gasteiger partial charge in [0.25, 0.3) is 11.1 Å². The van der Waals surface area contributed by atoms with Crippen LogP contribution in [0.5, 0.6) is 0 Å². The van der Waals surface area contributed by atoms with E-state index >= 15 is 0 Å². The third kappa shape index (κ3) is 6.66. The molecule has 0 atom stereocenters. The first-order chi connectivity index (χ1) is 17.3. The fourth-order valence-corrected chi connectivity index (χ4v) is 3.29. The first-order valence-electron chi connectivity index (χ1n) is 11.5. The monoisotopic (exact) mass is 514 g/mol. The van der Waals surface area contributed by atoms with Gasteiger partial charge in [-0.05, 0) is 33.6 Å². The molecule has 0 bridgehead atoms. The van der Waals surface area contributed by atoms with Crippen LogP contribution in [0.3, 0.4) is 0 Å². The topological polar surface area (TPSA) is 133 Å². The molecule has 0 aromatic carbocycles. The molecule has 0 saturated heterocycles. The highest BCUT2D eigenvalue weighted by atomic mass is 19.1. The van der Waals surface area contributed by atoms with Crippen molar-refractivity contribution >= 4 is 28.8 Å². The smallest absolute Gasteiger partial charge is 0.412 e. The number of hydrogen-bond acceptors (Lipinski definition) is 7. The standard InChI is InChI=1S/C15H18FN3O3.C10H10FN3O/c1-5-9-7-12(20)19-8-10(6-11(16)13(19)17-9)18-14(21)22-15(2,3)4;1-2-7-4-9(15)14-5-6(12)3-8(11)10(14)13-7/h6-8H,5H2,1-4H3,(H,18,21);3-5H,2,12H2,1H3. The Labute approximate surface area is 210 Å². The molecule has 4 heterocycles. The molecule has 0 unspecified atom stereocenters. The normalized spacial score (nSPS) is 11.2. The highest BCUT2D eigenvalue weighted by molar-refractivity contribution is 5.84. The number of rotatable bonds is 3. The Morgan fingerprint density at radius 1 is 0.919 bits per heavy atom. The number of ether oxygens (including phenoxy) is 1. The lowest BCUT2D eigenvalue weighted by Crippen LogP contribution is -2.27. The van der Waals surface area contributed by atoms with E-state index in [4.69, 9.17) is 10.5 Å². The predicted octanol–water partition coefficient (Wildman–Crippen LogP) is 3.72. The van der Waals surface area contributed by atoms with Crippen molar-refractivity contribution < 1.29 is 18.3 Å². The summed E-state index contributed by atoms with van der Waals surface area (Å²) >= 11 is 0. The molecule has 0 fully saturated rings. The van der Waals surface area contributed by atoms with Gasteiger partial charge in [-0.2, -0.15) is 0 Å². The zero-order chi connectivity index (χ0) is 27.5. The number of hydrogen-bond donors (Lipinski definition) is 2. The van der Waals surface area contributed by atoms with Gasteiger partial charge < -0.3 is 10.5 Å². The van der Waals surface area contributed by atoms with Crippen LogP contribution in [0.2, 0.25) is 0 Å². The van der Waals surface area contributed by atoms with Crippen LogP contribution in [0, 0.1) is 11.6 Å². The predicted molar refractivity (Wildman–Crippen MR) is 136 cm³/mol. The summed E-state index contributed by atoms with van der Waals surface area (Å²) in [6.07, 6.45) is 3.08. The van der Waals surface area contributed by atoms with Crippen molar-refractivity contribution in [1.29, 1.82) is 0 Å². The molecule has 4 aromatic rings. The van der Waals surface area contributed by atoms with Crippen LogP contribution < -0.4 is 22.2 Å². The van der Waals surface area contributed by atoms with Crippen LogP contribution in [0.1, 0.15) is 46.0 Å². The summed E-state index contributed by atoms with van der Waals surface area (Å²) in [5, 5.41) is 2.40. The lowest BCUT2D eigenvalue weighted by molar-refractivity contribution is 0.0636. The van der Waals surface area contributed by atoms with Gasteiger partial charge in [-0.15, -0.1) is 0 Å². The molecule has 0 radical (unpaired) electrons. The van der Waals surface area contributed by atoms with Crippen molar-refractivity contribution in [2.24, 2.45) is 0 Å². The van der Waals surface area contributed by atoms with E-state index in [1.807, 2.05) is 13.8 Å². The Kier molecular flexibility index (Phi) is 7.90. The Balaban J connectivity index is 0.000000220. The fourth-order valence-electron chi connectivity index (χ4n) is 3.29. The van der Waals surface area contributed by atoms with Crippen molar-refractivity contribution in [1.82, 2.24) is 18.8 Å². The number of aromatic nitrogens is 4. The number of anilines is 2. The van der Waals surface area contributed by atoms with Gasteiger partial charge in [0.15, 0.2) is 22.9 Å². The second kappa shape index (κ2) is 10.7. The molecular formula is C25H28F2N6O4. The molecule has 1 amide bonds. The maximum atomic E-state index is 14.1. The van der Waals surface area contributed by atoms with Crippen molar-refractivity contribution in [3.8, 4) is 0 Å². The third-order valence-corrected chi connectivity index (χ3v) is 4.93. The molecule has 0 spiro atoms. The van der Waals surface area contributed by atoms with E-state index in [0.717, 1.165) is 20.9 Å². The number of halogens is 2. The number of nitrogen functional groups attached to an aromatic ring is 1. The van der Waals surface area contributed by atoms with E-state index < -0.39 is 28.9 Å². The minimum atomic E-state index is -0.725. The molecule has 4 rings (SSSR count). The number of carbonyl (C=O) groups is 1. The van der Waals surface area contributed by atoms with E-state index in [1.54, 1.807) is 20.8 Å². The third-order valence-electron chi connectivity index (χ3n) is 4.93. The van der Waals surface area contributed by atoms with E-state index in [9.17, 15) is 23.2 Å². The van der Waals surface area contributed by atoms with E-state index in [-0.39, 0.29) is 28.2 Å². The van der Waals surface area contributed by atoms with Gasteiger partial charge in [-0.3, -0.25) is 23.7 Å². The van der Waals surface area contributed by atoms with E-state index in [2.05, 4.69) is 15.3 Å². The van der Waals surface area contributed by atoms with Crippen LogP contribution in [0.25, 0.3) is 11.3 Å². The number of pyridine rings is 2. The summed E-state index contributed by atoms with van der Waals surface area (Å²) in [6.45, 7) is 8.83. The summed E-state index contributed by atoms with van der Waals surface area (Å²) in [5.74, 6) is -1.27. The van der Waals surface area contributed by atoms with E-state index in [1.165, 1.54) is 24.5 Å². The zero-order valence-corrected chi connectivity index (χ0v) is 21.1. The number of nitrogens with zero attached hydrogens (tertiary/aromatic N) is 4. The SMILES string of the molecule is CCc1cc(=O)n2cc(N)cc(F)c2n1.CCc1cc(=O)n2cc(NC(=O)OC(C)(C)C)cc(F)c2n1. The highest BCUT2D eigenvalue weighted by Crippen LogP contribution is 2.16. The minimum Gasteiger partial charge on any atom is -0.444 e. The fraction of sp³-hybridized carbons (Fsp3) is 0.320. The summed E-state index contributed by atoms with van der Waals surface area (Å²) in [6, 6.07) is 4.97. The number of nitrogens with one attached hydrogen (secondary N) is 1. The van der Waals surface area contributed by atoms with Crippen LogP contribution in [-0.4, -0.2) is 30.5 Å². The van der Waals surface area contributed by atoms with Crippen LogP contribution in [0.4, 0.5) is 25.0 Å². The quantitative estimate of drug-likeness (QED) is 0.426. The summed E-state index contributed by atoms with van der Waals surface area (Å²) < 4.78 is 34.8. The minimum absolute atomic E-state index is 0.0218. The lowest BCUT2D eigenvalue weighted by Gasteiger charge is -2.19. The number of fused-ring (bicyclic) bond motifs is 2. The van der Waals surface area contributed by atoms with E-state index in [0.29, 0.717) is 24.2 Å². The first-order valence-corrected chi connectivity index (χ1v) is 11.5. The molecule has 3 N–H and O–H groups in total. The molecule has 10 nitrogen and oxygen atoms in total. The van der Waals surface area contributed by atoms with Crippen molar-refractivity contribution in [3.63, 3.8) is 0 Å². The Morgan fingerprint density at radius 2 is 1.41 bits per heavy atom. The molecular weight excluding hydrogens is 486 g/mol. The van der Waals surface area contributed by atoms with Crippen LogP contribution in [0.15, 0.2) is 46.2 Å². The second-order valence-corrected chi connectivity index (χ2v) is 9.09. The first kappa shape index (κ1) is 27.2. The number of amides is 1. The lowest BCUT2D eigenvalue weighted by atomic mass is 10.2. The van der Waals surface area contributed by atoms with Gasteiger partial charge >= 0.3 is 6.09 Å². The Hall–Kier alpha value is -4.35. The molecule has 0 aliphatic carbocycles. The van der Waals surface area contributed by atoms with Gasteiger partial charge in [0.05, 0.1) is 11.4 Å². The average molecular weight is 515 g/mol. The maximum Gasteiger partial charge on any atom is 0.412 e. The Morgan fingerprint density at radius 3 is 1.89 bits per heavy atom. The molecule has 0 aliphatic rings. The van der Waals surface area contributed by atoms with Gasteiger partial charge in [0.2, 0.25) is 0 Å². The zero-order valence-electron chi connectivity index (χ0n) is 21.1. The molecule has 196 valence electrons. The van der Waals surface area contributed by atoms with Gasteiger partial charge in [0, 0.05) is 48.0 Å². The van der Waals surface area contributed by atoms with Crippen LogP contribution in [-0.2, 0) is 17.6 Å². The number of nitrogens with two attached hydrogens (primary N) is 1. The average Bonchev–Trinajstić information content (AvgIpc) is 2.79. The second-order valence-electron chi connectivity index (χ2n) is 9.09. The Bertz CT molecular complexity index is 1590. The van der Waals surface area contributed by atoms with Crippen molar-refractivity contribution in [2.45, 2.75) is 53.1 Å². The van der Waals surface area contributed by atoms with Gasteiger partial charge in [-0.25, -0.2) is 23.5 Å². The molecule has 37 heavy (non-hydrogen) atoms. The van der Waals surface area contributed by atoms with Crippen molar-refractivity contribution in [2.75, 3.05) is 11.1 Å². The molecule has 0 saturated carbocycles. The summed E-state index contributed by atoms with van der Waals surface area (Å²) in [4.78, 5) is 43.4. The summed E-state index contributed by atoms with van der Waals surface area (Å²) in [7, 11) is 0. The van der Waals surface area contributed by atoms with Crippen LogP contribution >= 0.6 is 0 Å².